The van der Waals surface area contributed by atoms with Crippen molar-refractivity contribution in [2.45, 2.75) is 120 Å². The lowest BCUT2D eigenvalue weighted by Gasteiger charge is -2.40. The minimum absolute atomic E-state index is 0.0741. The van der Waals surface area contributed by atoms with E-state index in [2.05, 4.69) is 6.92 Å². The highest BCUT2D eigenvalue weighted by molar-refractivity contribution is 5.60. The van der Waals surface area contributed by atoms with Crippen molar-refractivity contribution in [3.05, 3.63) is 11.6 Å². The summed E-state index contributed by atoms with van der Waals surface area (Å²) in [4.78, 5) is 0. The molecule has 0 aliphatic carbocycles. The Kier molecular flexibility index (Phi) is 12.7. The first kappa shape index (κ1) is 33.5. The summed E-state index contributed by atoms with van der Waals surface area (Å²) in [6.07, 6.45) is -9.56. The Morgan fingerprint density at radius 2 is 1.02 bits per heavy atom. The fourth-order valence-electron chi connectivity index (χ4n) is 4.98. The van der Waals surface area contributed by atoms with Gasteiger partial charge in [0.25, 0.3) is 0 Å². The van der Waals surface area contributed by atoms with Gasteiger partial charge in [-0.1, -0.05) is 45.4 Å². The van der Waals surface area contributed by atoms with Gasteiger partial charge in [0.1, 0.15) is 48.8 Å². The van der Waals surface area contributed by atoms with Crippen LogP contribution in [0, 0.1) is 0 Å². The maximum atomic E-state index is 10.7. The Morgan fingerprint density at radius 3 is 1.44 bits per heavy atom. The van der Waals surface area contributed by atoms with Crippen molar-refractivity contribution in [3.8, 4) is 23.0 Å². The molecule has 0 saturated carbocycles. The van der Waals surface area contributed by atoms with Crippen LogP contribution in [0.1, 0.15) is 57.4 Å². The molecule has 2 aliphatic heterocycles. The minimum Gasteiger partial charge on any atom is -0.504 e. The van der Waals surface area contributed by atoms with Crippen LogP contribution in [0.15, 0.2) is 6.07 Å². The van der Waals surface area contributed by atoms with Gasteiger partial charge < -0.3 is 70.0 Å². The second-order valence-electron chi connectivity index (χ2n) is 10.6. The Labute approximate surface area is 237 Å². The molecule has 0 amide bonds. The number of hydrogen-bond donors (Lipinski definition) is 10. The van der Waals surface area contributed by atoms with Crippen LogP contribution >= 0.6 is 0 Å². The molecule has 3 rings (SSSR count). The standard InChI is InChI=1S/C27H44O14/c1-2-3-4-5-6-7-8-9-13-24(40-26-22(36)20(34)18(32)16(11-28)38-26)14(30)10-15(31)25(13)41-27-23(37)21(35)19(33)17(12-29)39-27/h10,16-23,26-37H,2-9,11-12H2,1H3/t16-,17-,18-,19-,20+,21+,22-,23-,26-,27-/m1/s1. The van der Waals surface area contributed by atoms with Crippen molar-refractivity contribution in [1.82, 2.24) is 0 Å². The monoisotopic (exact) mass is 592 g/mol. The average molecular weight is 593 g/mol. The van der Waals surface area contributed by atoms with Gasteiger partial charge in [0.15, 0.2) is 23.0 Å². The number of hydrogen-bond acceptors (Lipinski definition) is 14. The van der Waals surface area contributed by atoms with Crippen molar-refractivity contribution in [2.75, 3.05) is 13.2 Å². The van der Waals surface area contributed by atoms with Gasteiger partial charge in [-0.25, -0.2) is 0 Å². The number of phenolic OH excluding ortho intramolecular Hbond substituents is 2. The molecule has 2 fully saturated rings. The summed E-state index contributed by atoms with van der Waals surface area (Å²) in [5, 5.41) is 102. The molecule has 2 aliphatic rings. The largest absolute Gasteiger partial charge is 0.504 e. The van der Waals surface area contributed by atoms with Crippen LogP contribution in [0.2, 0.25) is 0 Å². The first-order valence-electron chi connectivity index (χ1n) is 14.1. The van der Waals surface area contributed by atoms with Gasteiger partial charge in [-0.15, -0.1) is 0 Å². The quantitative estimate of drug-likeness (QED) is 0.114. The third kappa shape index (κ3) is 7.90. The number of unbranched alkanes of at least 4 members (excludes halogenated alkanes) is 6. The first-order valence-corrected chi connectivity index (χ1v) is 14.1. The summed E-state index contributed by atoms with van der Waals surface area (Å²) in [5.41, 5.74) is 0.0741. The molecular formula is C27H44O14. The number of rotatable bonds is 14. The highest BCUT2D eigenvalue weighted by Gasteiger charge is 2.47. The maximum absolute atomic E-state index is 10.7. The smallest absolute Gasteiger partial charge is 0.229 e. The van der Waals surface area contributed by atoms with Gasteiger partial charge in [-0.2, -0.15) is 0 Å². The lowest BCUT2D eigenvalue weighted by atomic mass is 9.98. The molecule has 10 atom stereocenters. The molecule has 1 aromatic carbocycles. The van der Waals surface area contributed by atoms with Crippen LogP contribution in [0.25, 0.3) is 0 Å². The molecule has 14 heteroatoms. The molecule has 0 radical (unpaired) electrons. The van der Waals surface area contributed by atoms with E-state index in [0.29, 0.717) is 6.42 Å². The topological polar surface area (TPSA) is 239 Å². The third-order valence-corrected chi connectivity index (χ3v) is 7.48. The van der Waals surface area contributed by atoms with Gasteiger partial charge in [-0.3, -0.25) is 0 Å². The summed E-state index contributed by atoms with van der Waals surface area (Å²) in [6, 6.07) is 0.868. The molecule has 0 unspecified atom stereocenters. The van der Waals surface area contributed by atoms with Crippen LogP contribution in [0.3, 0.4) is 0 Å². The molecule has 0 spiro atoms. The predicted octanol–water partition coefficient (Wildman–Crippen LogP) is -1.25. The van der Waals surface area contributed by atoms with Crippen molar-refractivity contribution in [1.29, 1.82) is 0 Å². The Bertz CT molecular complexity index is 881. The molecule has 41 heavy (non-hydrogen) atoms. The first-order chi connectivity index (χ1) is 19.5. The zero-order chi connectivity index (χ0) is 30.3. The molecule has 0 aromatic heterocycles. The SMILES string of the molecule is CCCCCCCCCc1c(O[C@H]2O[C@H](CO)[C@@H](O)[C@H](O)[C@H]2O)c(O)cc(O)c1O[C@H]1O[C@H](CO)[C@@H](O)[C@H](O)[C@H]1O. The van der Waals surface area contributed by atoms with Gasteiger partial charge in [0.2, 0.25) is 12.6 Å². The normalized spacial score (nSPS) is 34.0. The second-order valence-corrected chi connectivity index (χ2v) is 10.6. The van der Waals surface area contributed by atoms with Crippen LogP contribution in [0.5, 0.6) is 23.0 Å². The summed E-state index contributed by atoms with van der Waals surface area (Å²) < 4.78 is 22.3. The van der Waals surface area contributed by atoms with E-state index >= 15 is 0 Å². The van der Waals surface area contributed by atoms with Gasteiger partial charge >= 0.3 is 0 Å². The van der Waals surface area contributed by atoms with E-state index in [0.717, 1.165) is 44.6 Å². The summed E-state index contributed by atoms with van der Waals surface area (Å²) >= 11 is 0. The number of benzene rings is 1. The molecule has 1 aromatic rings. The molecule has 10 N–H and O–H groups in total. The van der Waals surface area contributed by atoms with E-state index in [1.165, 1.54) is 0 Å². The highest BCUT2D eigenvalue weighted by Crippen LogP contribution is 2.46. The average Bonchev–Trinajstić information content (AvgIpc) is 2.95. The molecule has 2 heterocycles. The fourth-order valence-corrected chi connectivity index (χ4v) is 4.98. The lowest BCUT2D eigenvalue weighted by Crippen LogP contribution is -2.60. The Hall–Kier alpha value is -1.98. The van der Waals surface area contributed by atoms with Crippen molar-refractivity contribution >= 4 is 0 Å². The zero-order valence-electron chi connectivity index (χ0n) is 23.0. The molecule has 236 valence electrons. The lowest BCUT2D eigenvalue weighted by molar-refractivity contribution is -0.279. The van der Waals surface area contributed by atoms with Crippen molar-refractivity contribution in [2.24, 2.45) is 0 Å². The number of aliphatic hydroxyl groups excluding tert-OH is 8. The Morgan fingerprint density at radius 1 is 0.610 bits per heavy atom. The van der Waals surface area contributed by atoms with E-state index in [1.807, 2.05) is 0 Å². The van der Waals surface area contributed by atoms with E-state index < -0.39 is 86.1 Å². The Balaban J connectivity index is 1.92. The molecule has 14 nitrogen and oxygen atoms in total. The number of phenols is 2. The summed E-state index contributed by atoms with van der Waals surface area (Å²) in [5.74, 6) is -1.78. The summed E-state index contributed by atoms with van der Waals surface area (Å²) in [7, 11) is 0. The van der Waals surface area contributed by atoms with Gasteiger partial charge in [0, 0.05) is 11.6 Å². The van der Waals surface area contributed by atoms with Crippen LogP contribution in [-0.4, -0.2) is 126 Å². The second kappa shape index (κ2) is 15.5. The minimum atomic E-state index is -1.79. The molecule has 0 bridgehead atoms. The van der Waals surface area contributed by atoms with Crippen molar-refractivity contribution < 1.29 is 70.0 Å². The van der Waals surface area contributed by atoms with Crippen LogP contribution < -0.4 is 9.47 Å². The zero-order valence-corrected chi connectivity index (χ0v) is 23.0. The molecular weight excluding hydrogens is 548 g/mol. The van der Waals surface area contributed by atoms with Gasteiger partial charge in [0.05, 0.1) is 13.2 Å². The van der Waals surface area contributed by atoms with Gasteiger partial charge in [-0.05, 0) is 12.8 Å². The third-order valence-electron chi connectivity index (χ3n) is 7.48. The van der Waals surface area contributed by atoms with Crippen LogP contribution in [0.4, 0.5) is 0 Å². The predicted molar refractivity (Wildman–Crippen MR) is 140 cm³/mol. The fraction of sp³-hybridized carbons (Fsp3) is 0.778. The van der Waals surface area contributed by atoms with E-state index in [1.54, 1.807) is 0 Å². The number of aromatic hydroxyl groups is 2. The van der Waals surface area contributed by atoms with E-state index in [9.17, 15) is 51.1 Å². The van der Waals surface area contributed by atoms with E-state index in [-0.39, 0.29) is 23.5 Å². The van der Waals surface area contributed by atoms with E-state index in [4.69, 9.17) is 18.9 Å². The summed E-state index contributed by atoms with van der Waals surface area (Å²) in [6.45, 7) is 0.702. The molecule has 2 saturated heterocycles. The van der Waals surface area contributed by atoms with Crippen LogP contribution in [-0.2, 0) is 15.9 Å². The highest BCUT2D eigenvalue weighted by atomic mass is 16.7. The maximum Gasteiger partial charge on any atom is 0.229 e. The number of aliphatic hydroxyl groups is 8. The van der Waals surface area contributed by atoms with Crippen molar-refractivity contribution in [3.63, 3.8) is 0 Å². The number of ether oxygens (including phenoxy) is 4.